The molecule has 6 nitrogen and oxygen atoms in total. The minimum atomic E-state index is -1.06. The van der Waals surface area contributed by atoms with Crippen molar-refractivity contribution in [2.45, 2.75) is 42.6 Å². The van der Waals surface area contributed by atoms with Crippen LogP contribution in [0.2, 0.25) is 0 Å². The quantitative estimate of drug-likeness (QED) is 0.701. The van der Waals surface area contributed by atoms with Crippen molar-refractivity contribution in [3.63, 3.8) is 0 Å². The average molecular weight is 288 g/mol. The number of carbonyl (C=O) groups excluding carboxylic acids is 1. The van der Waals surface area contributed by atoms with E-state index in [1.54, 1.807) is 11.8 Å². The summed E-state index contributed by atoms with van der Waals surface area (Å²) in [6.45, 7) is 0.654. The van der Waals surface area contributed by atoms with Crippen LogP contribution in [0.4, 0.5) is 4.79 Å². The van der Waals surface area contributed by atoms with Gasteiger partial charge in [0.15, 0.2) is 0 Å². The molecule has 2 aliphatic rings. The third kappa shape index (κ3) is 2.97. The molecule has 1 saturated heterocycles. The molecular weight excluding hydrogens is 268 g/mol. The fourth-order valence-electron chi connectivity index (χ4n) is 2.63. The standard InChI is InChI=1S/C12H20N2O4S/c1-19-12(3-2-4-12)7-13-11(18)14-6-8(15)5-9(14)10(16)17/h8-9,15H,2-7H2,1H3,(H,13,18)(H,16,17). The Morgan fingerprint density at radius 3 is 2.63 bits per heavy atom. The summed E-state index contributed by atoms with van der Waals surface area (Å²) in [6.07, 6.45) is 4.74. The summed E-state index contributed by atoms with van der Waals surface area (Å²) >= 11 is 1.75. The van der Waals surface area contributed by atoms with Crippen LogP contribution in [0, 0.1) is 0 Å². The maximum Gasteiger partial charge on any atom is 0.326 e. The Morgan fingerprint density at radius 1 is 1.47 bits per heavy atom. The van der Waals surface area contributed by atoms with Crippen LogP contribution >= 0.6 is 11.8 Å². The van der Waals surface area contributed by atoms with Gasteiger partial charge in [-0.1, -0.05) is 6.42 Å². The zero-order valence-electron chi connectivity index (χ0n) is 11.0. The van der Waals surface area contributed by atoms with E-state index < -0.39 is 18.1 Å². The molecule has 1 aliphatic heterocycles. The molecular formula is C12H20N2O4S. The fourth-order valence-corrected chi connectivity index (χ4v) is 3.55. The molecule has 3 N–H and O–H groups in total. The molecule has 1 heterocycles. The highest BCUT2D eigenvalue weighted by atomic mass is 32.2. The second-order valence-corrected chi connectivity index (χ2v) is 6.57. The maximum absolute atomic E-state index is 12.0. The molecule has 2 atom stereocenters. The van der Waals surface area contributed by atoms with Gasteiger partial charge in [0.1, 0.15) is 6.04 Å². The molecule has 108 valence electrons. The summed E-state index contributed by atoms with van der Waals surface area (Å²) in [4.78, 5) is 24.3. The molecule has 0 aromatic heterocycles. The number of urea groups is 1. The molecule has 2 unspecified atom stereocenters. The average Bonchev–Trinajstić information content (AvgIpc) is 2.70. The number of carboxylic acid groups (broad SMARTS) is 1. The number of hydrogen-bond donors (Lipinski definition) is 3. The number of rotatable bonds is 4. The van der Waals surface area contributed by atoms with Crippen LogP contribution in [-0.4, -0.2) is 63.4 Å². The summed E-state index contributed by atoms with van der Waals surface area (Å²) < 4.78 is 0.118. The number of thioether (sulfide) groups is 1. The highest BCUT2D eigenvalue weighted by Crippen LogP contribution is 2.42. The van der Waals surface area contributed by atoms with Gasteiger partial charge < -0.3 is 20.4 Å². The lowest BCUT2D eigenvalue weighted by molar-refractivity contribution is -0.141. The summed E-state index contributed by atoms with van der Waals surface area (Å²) in [6, 6.07) is -1.30. The van der Waals surface area contributed by atoms with E-state index in [2.05, 4.69) is 5.32 Å². The van der Waals surface area contributed by atoms with Crippen LogP contribution in [0.5, 0.6) is 0 Å². The molecule has 0 aromatic carbocycles. The second-order valence-electron chi connectivity index (χ2n) is 5.30. The van der Waals surface area contributed by atoms with Crippen molar-refractivity contribution in [3.05, 3.63) is 0 Å². The molecule has 2 amide bonds. The smallest absolute Gasteiger partial charge is 0.326 e. The number of nitrogens with one attached hydrogen (secondary N) is 1. The monoisotopic (exact) mass is 288 g/mol. The Balaban J connectivity index is 1.90. The van der Waals surface area contributed by atoms with Crippen LogP contribution in [-0.2, 0) is 4.79 Å². The fraction of sp³-hybridized carbons (Fsp3) is 0.833. The molecule has 0 radical (unpaired) electrons. The molecule has 2 fully saturated rings. The summed E-state index contributed by atoms with van der Waals surface area (Å²) in [7, 11) is 0. The highest BCUT2D eigenvalue weighted by Gasteiger charge is 2.41. The maximum atomic E-state index is 12.0. The number of carbonyl (C=O) groups is 2. The second kappa shape index (κ2) is 5.58. The van der Waals surface area contributed by atoms with Gasteiger partial charge in [0.2, 0.25) is 0 Å². The van der Waals surface area contributed by atoms with E-state index in [4.69, 9.17) is 5.11 Å². The first-order chi connectivity index (χ1) is 8.97. The minimum absolute atomic E-state index is 0.0923. The normalized spacial score (nSPS) is 28.8. The van der Waals surface area contributed by atoms with Gasteiger partial charge in [-0.2, -0.15) is 11.8 Å². The van der Waals surface area contributed by atoms with Crippen molar-refractivity contribution in [2.75, 3.05) is 19.3 Å². The first-order valence-electron chi connectivity index (χ1n) is 6.48. The van der Waals surface area contributed by atoms with E-state index in [1.807, 2.05) is 6.26 Å². The van der Waals surface area contributed by atoms with E-state index in [1.165, 1.54) is 11.3 Å². The summed E-state index contributed by atoms with van der Waals surface area (Å²) in [5.74, 6) is -1.06. The highest BCUT2D eigenvalue weighted by molar-refractivity contribution is 8.00. The van der Waals surface area contributed by atoms with Gasteiger partial charge in [-0.25, -0.2) is 9.59 Å². The van der Waals surface area contributed by atoms with Crippen LogP contribution in [0.3, 0.4) is 0 Å². The zero-order chi connectivity index (χ0) is 14.0. The Bertz CT molecular complexity index is 367. The van der Waals surface area contributed by atoms with Crippen LogP contribution in [0.1, 0.15) is 25.7 Å². The Labute approximate surface area is 116 Å². The minimum Gasteiger partial charge on any atom is -0.480 e. The van der Waals surface area contributed by atoms with Crippen molar-refractivity contribution < 1.29 is 19.8 Å². The van der Waals surface area contributed by atoms with Gasteiger partial charge in [0.25, 0.3) is 0 Å². The summed E-state index contributed by atoms with van der Waals surface area (Å²) in [5, 5.41) is 21.4. The molecule has 0 spiro atoms. The molecule has 0 aromatic rings. The lowest BCUT2D eigenvalue weighted by Crippen LogP contribution is -2.51. The number of β-amino-alcohol motifs (C(OH)–C–C–N with tert-alkyl or cyclic N) is 1. The van der Waals surface area contributed by atoms with E-state index in [0.717, 1.165) is 12.8 Å². The lowest BCUT2D eigenvalue weighted by atomic mass is 9.84. The first kappa shape index (κ1) is 14.5. The topological polar surface area (TPSA) is 89.9 Å². The predicted molar refractivity (Wildman–Crippen MR) is 72.2 cm³/mol. The number of aliphatic hydroxyl groups excluding tert-OH is 1. The van der Waals surface area contributed by atoms with Crippen molar-refractivity contribution in [1.29, 1.82) is 0 Å². The number of hydrogen-bond acceptors (Lipinski definition) is 4. The number of nitrogens with zero attached hydrogens (tertiary/aromatic N) is 1. The number of amides is 2. The lowest BCUT2D eigenvalue weighted by Gasteiger charge is -2.40. The van der Waals surface area contributed by atoms with Crippen molar-refractivity contribution in [3.8, 4) is 0 Å². The Hall–Kier alpha value is -0.950. The van der Waals surface area contributed by atoms with Crippen molar-refractivity contribution in [2.24, 2.45) is 0 Å². The molecule has 1 aliphatic carbocycles. The van der Waals surface area contributed by atoms with Gasteiger partial charge in [-0.15, -0.1) is 0 Å². The van der Waals surface area contributed by atoms with E-state index in [0.29, 0.717) is 6.54 Å². The van der Waals surface area contributed by atoms with Crippen molar-refractivity contribution in [1.82, 2.24) is 10.2 Å². The van der Waals surface area contributed by atoms with Crippen LogP contribution in [0.25, 0.3) is 0 Å². The molecule has 0 bridgehead atoms. The van der Waals surface area contributed by atoms with Gasteiger partial charge in [0.05, 0.1) is 6.10 Å². The van der Waals surface area contributed by atoms with Crippen molar-refractivity contribution >= 4 is 23.8 Å². The summed E-state index contributed by atoms with van der Waals surface area (Å²) in [5.41, 5.74) is 0. The number of aliphatic carboxylic acids is 1. The van der Waals surface area contributed by atoms with Gasteiger partial charge in [-0.05, 0) is 19.1 Å². The van der Waals surface area contributed by atoms with E-state index in [-0.39, 0.29) is 23.7 Å². The SMILES string of the molecule is CSC1(CNC(=O)N2CC(O)CC2C(=O)O)CCC1. The van der Waals surface area contributed by atoms with Gasteiger partial charge in [-0.3, -0.25) is 0 Å². The van der Waals surface area contributed by atoms with E-state index >= 15 is 0 Å². The zero-order valence-corrected chi connectivity index (χ0v) is 11.8. The largest absolute Gasteiger partial charge is 0.480 e. The molecule has 7 heteroatoms. The van der Waals surface area contributed by atoms with E-state index in [9.17, 15) is 14.7 Å². The third-order valence-corrected chi connectivity index (χ3v) is 5.50. The van der Waals surface area contributed by atoms with Gasteiger partial charge in [0, 0.05) is 24.3 Å². The van der Waals surface area contributed by atoms with Crippen LogP contribution in [0.15, 0.2) is 0 Å². The van der Waals surface area contributed by atoms with Gasteiger partial charge >= 0.3 is 12.0 Å². The molecule has 1 saturated carbocycles. The van der Waals surface area contributed by atoms with Crippen LogP contribution < -0.4 is 5.32 Å². The predicted octanol–water partition coefficient (Wildman–Crippen LogP) is 0.501. The number of aliphatic hydroxyl groups is 1. The Kier molecular flexibility index (Phi) is 4.25. The third-order valence-electron chi connectivity index (χ3n) is 4.08. The number of likely N-dealkylation sites (tertiary alicyclic amines) is 1. The Morgan fingerprint density at radius 2 is 2.16 bits per heavy atom. The number of carboxylic acids is 1. The molecule has 2 rings (SSSR count). The first-order valence-corrected chi connectivity index (χ1v) is 7.70. The molecule has 19 heavy (non-hydrogen) atoms.